The van der Waals surface area contributed by atoms with E-state index in [-0.39, 0.29) is 12.6 Å². The highest BCUT2D eigenvalue weighted by Crippen LogP contribution is 2.30. The molecule has 0 bridgehead atoms. The molecule has 0 unspecified atom stereocenters. The molecule has 0 aromatic heterocycles. The molecular weight excluding hydrogens is 298 g/mol. The number of ether oxygens (including phenoxy) is 3. The van der Waals surface area contributed by atoms with Gasteiger partial charge in [0, 0.05) is 7.11 Å². The normalized spacial score (nSPS) is 15.1. The summed E-state index contributed by atoms with van der Waals surface area (Å²) in [7, 11) is 1.47. The number of carbonyl (C=O) groups is 2. The maximum absolute atomic E-state index is 12.8. The van der Waals surface area contributed by atoms with Crippen LogP contribution in [0.3, 0.4) is 0 Å². The first-order valence-corrected chi connectivity index (χ1v) is 7.88. The summed E-state index contributed by atoms with van der Waals surface area (Å²) in [5.74, 6) is -0.678. The van der Waals surface area contributed by atoms with Crippen molar-refractivity contribution >= 4 is 12.1 Å². The summed E-state index contributed by atoms with van der Waals surface area (Å²) in [6.07, 6.45) is -0.610. The maximum atomic E-state index is 12.8. The van der Waals surface area contributed by atoms with Gasteiger partial charge in [-0.05, 0) is 54.4 Å². The third kappa shape index (κ3) is 6.37. The van der Waals surface area contributed by atoms with Gasteiger partial charge in [-0.15, -0.1) is 0 Å². The van der Waals surface area contributed by atoms with Crippen LogP contribution >= 0.6 is 0 Å². The Morgan fingerprint density at radius 1 is 0.913 bits per heavy atom. The Morgan fingerprint density at radius 3 is 1.65 bits per heavy atom. The third-order valence-electron chi connectivity index (χ3n) is 3.37. The van der Waals surface area contributed by atoms with Gasteiger partial charge in [0.1, 0.15) is 23.5 Å². The molecule has 1 amide bonds. The number of methoxy groups -OCH3 is 1. The second-order valence-electron chi connectivity index (χ2n) is 8.13. The van der Waals surface area contributed by atoms with E-state index >= 15 is 0 Å². The topological polar surface area (TPSA) is 65.1 Å². The van der Waals surface area contributed by atoms with Gasteiger partial charge in [-0.1, -0.05) is 13.8 Å². The number of hydrogen-bond donors (Lipinski definition) is 0. The van der Waals surface area contributed by atoms with Crippen LogP contribution in [0.25, 0.3) is 0 Å². The van der Waals surface area contributed by atoms with Crippen molar-refractivity contribution in [3.63, 3.8) is 0 Å². The molecule has 1 atom stereocenters. The molecule has 0 aliphatic heterocycles. The first kappa shape index (κ1) is 21.7. The second-order valence-corrected chi connectivity index (χ2v) is 8.13. The van der Waals surface area contributed by atoms with Gasteiger partial charge in [-0.2, -0.15) is 0 Å². The van der Waals surface area contributed by atoms with Crippen molar-refractivity contribution in [3.05, 3.63) is 0 Å². The predicted molar refractivity (Wildman–Crippen MR) is 89.0 cm³/mol. The molecular formula is C17H33NO5. The van der Waals surface area contributed by atoms with Crippen LogP contribution in [0.1, 0.15) is 62.3 Å². The molecule has 23 heavy (non-hydrogen) atoms. The van der Waals surface area contributed by atoms with Crippen LogP contribution in [0.4, 0.5) is 4.79 Å². The van der Waals surface area contributed by atoms with Crippen LogP contribution in [0.2, 0.25) is 0 Å². The molecule has 0 N–H and O–H groups in total. The lowest BCUT2D eigenvalue weighted by molar-refractivity contribution is -0.175. The average molecular weight is 331 g/mol. The summed E-state index contributed by atoms with van der Waals surface area (Å²) in [5.41, 5.74) is -2.53. The van der Waals surface area contributed by atoms with Gasteiger partial charge in [0.05, 0.1) is 0 Å². The Morgan fingerprint density at radius 2 is 1.35 bits per heavy atom. The van der Waals surface area contributed by atoms with Gasteiger partial charge in [0.25, 0.3) is 0 Å². The molecule has 6 nitrogen and oxygen atoms in total. The Balaban J connectivity index is 5.71. The monoisotopic (exact) mass is 331 g/mol. The van der Waals surface area contributed by atoms with Gasteiger partial charge < -0.3 is 14.2 Å². The van der Waals surface area contributed by atoms with Crippen molar-refractivity contribution in [3.8, 4) is 0 Å². The van der Waals surface area contributed by atoms with Crippen LogP contribution < -0.4 is 0 Å². The van der Waals surface area contributed by atoms with Gasteiger partial charge in [-0.25, -0.2) is 9.59 Å². The molecule has 0 saturated carbocycles. The van der Waals surface area contributed by atoms with E-state index in [1.165, 1.54) is 12.0 Å². The third-order valence-corrected chi connectivity index (χ3v) is 3.37. The fraction of sp³-hybridized carbons (Fsp3) is 0.882. The zero-order chi connectivity index (χ0) is 18.6. The van der Waals surface area contributed by atoms with Gasteiger partial charge in [-0.3, -0.25) is 4.90 Å². The van der Waals surface area contributed by atoms with Crippen molar-refractivity contribution < 1.29 is 23.8 Å². The second kappa shape index (κ2) is 7.51. The SMILES string of the molecule is COCN(C(=O)OC(C)(C)C)[C@](C)(C(=O)OC(C)(C)C)C(C)C. The van der Waals surface area contributed by atoms with Crippen LogP contribution in [0, 0.1) is 5.92 Å². The van der Waals surface area contributed by atoms with E-state index in [9.17, 15) is 9.59 Å². The number of hydrogen-bond acceptors (Lipinski definition) is 5. The minimum absolute atomic E-state index is 0.0666. The molecule has 0 aromatic carbocycles. The maximum Gasteiger partial charge on any atom is 0.413 e. The fourth-order valence-corrected chi connectivity index (χ4v) is 1.86. The smallest absolute Gasteiger partial charge is 0.413 e. The Kier molecular flexibility index (Phi) is 7.09. The quantitative estimate of drug-likeness (QED) is 0.569. The van der Waals surface area contributed by atoms with Crippen molar-refractivity contribution in [1.29, 1.82) is 0 Å². The Labute approximate surface area is 140 Å². The zero-order valence-corrected chi connectivity index (χ0v) is 16.3. The molecule has 0 radical (unpaired) electrons. The molecule has 0 aliphatic rings. The summed E-state index contributed by atoms with van der Waals surface area (Å²) in [6.45, 7) is 16.0. The van der Waals surface area contributed by atoms with Crippen molar-refractivity contribution in [1.82, 2.24) is 4.90 Å². The Hall–Kier alpha value is -1.30. The summed E-state index contributed by atoms with van der Waals surface area (Å²) < 4.78 is 16.1. The van der Waals surface area contributed by atoms with Gasteiger partial charge in [0.2, 0.25) is 0 Å². The van der Waals surface area contributed by atoms with Crippen LogP contribution in [0.5, 0.6) is 0 Å². The summed E-state index contributed by atoms with van der Waals surface area (Å²) in [4.78, 5) is 26.7. The molecule has 0 fully saturated rings. The first-order valence-electron chi connectivity index (χ1n) is 7.88. The number of carbonyl (C=O) groups excluding carboxylic acids is 2. The molecule has 0 heterocycles. The molecule has 0 spiro atoms. The van der Waals surface area contributed by atoms with E-state index in [2.05, 4.69) is 0 Å². The van der Waals surface area contributed by atoms with Crippen LogP contribution in [0.15, 0.2) is 0 Å². The number of rotatable bonds is 5. The number of nitrogens with zero attached hydrogens (tertiary/aromatic N) is 1. The summed E-state index contributed by atoms with van der Waals surface area (Å²) in [6, 6.07) is 0. The predicted octanol–water partition coefficient (Wildman–Crippen LogP) is 3.58. The minimum Gasteiger partial charge on any atom is -0.458 e. The molecule has 6 heteroatoms. The standard InChI is InChI=1S/C17H33NO5/c1-12(2)17(9,13(19)22-15(3,4)5)18(11-21-10)14(20)23-16(6,7)8/h12H,11H2,1-10H3/t17-/m0/s1. The minimum atomic E-state index is -1.20. The lowest BCUT2D eigenvalue weighted by atomic mass is 9.86. The zero-order valence-electron chi connectivity index (χ0n) is 16.3. The molecule has 0 aromatic rings. The van der Waals surface area contributed by atoms with E-state index < -0.39 is 28.8 Å². The number of esters is 1. The summed E-state index contributed by atoms with van der Waals surface area (Å²) in [5, 5.41) is 0. The molecule has 136 valence electrons. The van der Waals surface area contributed by atoms with E-state index in [0.717, 1.165) is 0 Å². The Bertz CT molecular complexity index is 420. The van der Waals surface area contributed by atoms with Crippen molar-refractivity contribution in [2.75, 3.05) is 13.8 Å². The first-order chi connectivity index (χ1) is 10.1. The van der Waals surface area contributed by atoms with E-state index in [1.54, 1.807) is 48.5 Å². The van der Waals surface area contributed by atoms with Crippen LogP contribution in [-0.4, -0.2) is 47.5 Å². The largest absolute Gasteiger partial charge is 0.458 e. The van der Waals surface area contributed by atoms with E-state index in [0.29, 0.717) is 0 Å². The molecule has 0 aliphatic carbocycles. The fourth-order valence-electron chi connectivity index (χ4n) is 1.86. The number of amides is 1. The van der Waals surface area contributed by atoms with Crippen molar-refractivity contribution in [2.45, 2.75) is 79.1 Å². The van der Waals surface area contributed by atoms with Gasteiger partial charge >= 0.3 is 12.1 Å². The summed E-state index contributed by atoms with van der Waals surface area (Å²) >= 11 is 0. The van der Waals surface area contributed by atoms with Crippen molar-refractivity contribution in [2.24, 2.45) is 5.92 Å². The van der Waals surface area contributed by atoms with Gasteiger partial charge in [0.15, 0.2) is 0 Å². The highest BCUT2D eigenvalue weighted by molar-refractivity contribution is 5.86. The molecule has 0 saturated heterocycles. The molecule has 0 rings (SSSR count). The van der Waals surface area contributed by atoms with E-state index in [4.69, 9.17) is 14.2 Å². The highest BCUT2D eigenvalue weighted by Gasteiger charge is 2.48. The highest BCUT2D eigenvalue weighted by atomic mass is 16.6. The lowest BCUT2D eigenvalue weighted by Gasteiger charge is -2.42. The lowest BCUT2D eigenvalue weighted by Crippen LogP contribution is -2.61. The van der Waals surface area contributed by atoms with Crippen LogP contribution in [-0.2, 0) is 19.0 Å². The average Bonchev–Trinajstić information content (AvgIpc) is 2.30. The van der Waals surface area contributed by atoms with E-state index in [1.807, 2.05) is 13.8 Å².